The van der Waals surface area contributed by atoms with E-state index >= 15 is 0 Å². The fourth-order valence-electron chi connectivity index (χ4n) is 1.43. The van der Waals surface area contributed by atoms with E-state index in [-0.39, 0.29) is 30.0 Å². The van der Waals surface area contributed by atoms with Crippen LogP contribution in [-0.4, -0.2) is 11.9 Å². The van der Waals surface area contributed by atoms with Crippen molar-refractivity contribution in [2.75, 3.05) is 5.32 Å². The topological polar surface area (TPSA) is 55.1 Å². The summed E-state index contributed by atoms with van der Waals surface area (Å²) in [7, 11) is 0. The molecular formula is C13H19FN2O. The first-order chi connectivity index (χ1) is 7.91. The highest BCUT2D eigenvalue weighted by atomic mass is 19.1. The zero-order valence-corrected chi connectivity index (χ0v) is 10.5. The molecule has 1 atom stereocenters. The summed E-state index contributed by atoms with van der Waals surface area (Å²) in [4.78, 5) is 11.7. The van der Waals surface area contributed by atoms with Gasteiger partial charge in [-0.15, -0.1) is 0 Å². The molecule has 0 radical (unpaired) electrons. The molecule has 0 saturated carbocycles. The van der Waals surface area contributed by atoms with Gasteiger partial charge in [0.2, 0.25) is 5.91 Å². The maximum atomic E-state index is 13.5. The summed E-state index contributed by atoms with van der Waals surface area (Å²) in [6.45, 7) is 5.65. The number of amides is 1. The lowest BCUT2D eigenvalue weighted by atomic mass is 10.0. The molecule has 1 amide bonds. The average Bonchev–Trinajstić information content (AvgIpc) is 2.23. The van der Waals surface area contributed by atoms with Crippen LogP contribution in [0.3, 0.4) is 0 Å². The molecule has 1 aromatic rings. The summed E-state index contributed by atoms with van der Waals surface area (Å²) in [6.07, 6.45) is 0.200. The van der Waals surface area contributed by atoms with E-state index in [4.69, 9.17) is 5.73 Å². The number of para-hydroxylation sites is 1. The van der Waals surface area contributed by atoms with Gasteiger partial charge in [0, 0.05) is 12.5 Å². The van der Waals surface area contributed by atoms with Gasteiger partial charge in [-0.3, -0.25) is 4.79 Å². The normalized spacial score (nSPS) is 12.6. The molecule has 4 heteroatoms. The smallest absolute Gasteiger partial charge is 0.226 e. The van der Waals surface area contributed by atoms with E-state index in [2.05, 4.69) is 5.32 Å². The van der Waals surface area contributed by atoms with E-state index < -0.39 is 5.82 Å². The number of hydrogen-bond donors (Lipinski definition) is 2. The van der Waals surface area contributed by atoms with Crippen LogP contribution in [0.1, 0.15) is 25.8 Å². The number of anilines is 1. The molecule has 3 N–H and O–H groups in total. The van der Waals surface area contributed by atoms with Crippen LogP contribution in [0.4, 0.5) is 10.1 Å². The zero-order chi connectivity index (χ0) is 13.0. The molecule has 0 fully saturated rings. The Morgan fingerprint density at radius 1 is 1.47 bits per heavy atom. The maximum Gasteiger partial charge on any atom is 0.226 e. The average molecular weight is 238 g/mol. The standard InChI is InChI=1S/C13H19FN2O/c1-8(2)11(15)7-12(17)16-13-9(3)5-4-6-10(13)14/h4-6,8,11H,7,15H2,1-3H3,(H,16,17). The van der Waals surface area contributed by atoms with Crippen molar-refractivity contribution in [1.29, 1.82) is 0 Å². The second-order valence-corrected chi connectivity index (χ2v) is 4.59. The van der Waals surface area contributed by atoms with Crippen LogP contribution in [0.15, 0.2) is 18.2 Å². The van der Waals surface area contributed by atoms with E-state index in [9.17, 15) is 9.18 Å². The van der Waals surface area contributed by atoms with Crippen molar-refractivity contribution in [2.45, 2.75) is 33.2 Å². The van der Waals surface area contributed by atoms with Gasteiger partial charge in [0.25, 0.3) is 0 Å². The van der Waals surface area contributed by atoms with Crippen LogP contribution in [0.2, 0.25) is 0 Å². The van der Waals surface area contributed by atoms with Crippen molar-refractivity contribution >= 4 is 11.6 Å². The summed E-state index contributed by atoms with van der Waals surface area (Å²) < 4.78 is 13.5. The molecule has 0 heterocycles. The minimum Gasteiger partial charge on any atom is -0.327 e. The summed E-state index contributed by atoms with van der Waals surface area (Å²) in [5.74, 6) is -0.446. The summed E-state index contributed by atoms with van der Waals surface area (Å²) in [5.41, 5.74) is 6.74. The molecule has 3 nitrogen and oxygen atoms in total. The van der Waals surface area contributed by atoms with E-state index in [1.165, 1.54) is 6.07 Å². The third-order valence-electron chi connectivity index (χ3n) is 2.76. The van der Waals surface area contributed by atoms with Crippen LogP contribution in [0, 0.1) is 18.7 Å². The molecular weight excluding hydrogens is 219 g/mol. The molecule has 0 aliphatic rings. The van der Waals surface area contributed by atoms with Gasteiger partial charge in [-0.05, 0) is 24.5 Å². The van der Waals surface area contributed by atoms with Gasteiger partial charge in [0.1, 0.15) is 5.82 Å². The largest absolute Gasteiger partial charge is 0.327 e. The van der Waals surface area contributed by atoms with Gasteiger partial charge in [0.05, 0.1) is 5.69 Å². The number of rotatable bonds is 4. The van der Waals surface area contributed by atoms with Crippen molar-refractivity contribution in [2.24, 2.45) is 11.7 Å². The third kappa shape index (κ3) is 3.82. The Hall–Kier alpha value is -1.42. The van der Waals surface area contributed by atoms with Gasteiger partial charge in [0.15, 0.2) is 0 Å². The van der Waals surface area contributed by atoms with Crippen LogP contribution < -0.4 is 11.1 Å². The maximum absolute atomic E-state index is 13.5. The van der Waals surface area contributed by atoms with E-state index in [0.29, 0.717) is 5.56 Å². The number of carbonyl (C=O) groups is 1. The molecule has 0 saturated heterocycles. The molecule has 94 valence electrons. The minimum atomic E-state index is -0.420. The predicted octanol–water partition coefficient (Wildman–Crippen LogP) is 2.45. The first-order valence-corrected chi connectivity index (χ1v) is 5.72. The second-order valence-electron chi connectivity index (χ2n) is 4.59. The predicted molar refractivity (Wildman–Crippen MR) is 67.2 cm³/mol. The lowest BCUT2D eigenvalue weighted by molar-refractivity contribution is -0.116. The lowest BCUT2D eigenvalue weighted by Crippen LogP contribution is -2.31. The number of benzene rings is 1. The van der Waals surface area contributed by atoms with E-state index in [1.807, 2.05) is 13.8 Å². The van der Waals surface area contributed by atoms with Crippen molar-refractivity contribution in [3.05, 3.63) is 29.6 Å². The quantitative estimate of drug-likeness (QED) is 0.846. The third-order valence-corrected chi connectivity index (χ3v) is 2.76. The fourth-order valence-corrected chi connectivity index (χ4v) is 1.43. The summed E-state index contributed by atoms with van der Waals surface area (Å²) in [6, 6.07) is 4.48. The number of nitrogens with two attached hydrogens (primary N) is 1. The van der Waals surface area contributed by atoms with Gasteiger partial charge in [-0.25, -0.2) is 4.39 Å². The lowest BCUT2D eigenvalue weighted by Gasteiger charge is -2.16. The fraction of sp³-hybridized carbons (Fsp3) is 0.462. The van der Waals surface area contributed by atoms with Crippen LogP contribution in [0.25, 0.3) is 0 Å². The van der Waals surface area contributed by atoms with Crippen LogP contribution in [-0.2, 0) is 4.79 Å². The molecule has 17 heavy (non-hydrogen) atoms. The van der Waals surface area contributed by atoms with Crippen molar-refractivity contribution in [3.8, 4) is 0 Å². The molecule has 1 unspecified atom stereocenters. The monoisotopic (exact) mass is 238 g/mol. The van der Waals surface area contributed by atoms with Crippen molar-refractivity contribution in [3.63, 3.8) is 0 Å². The van der Waals surface area contributed by atoms with E-state index in [1.54, 1.807) is 19.1 Å². The highest BCUT2D eigenvalue weighted by Gasteiger charge is 2.15. The van der Waals surface area contributed by atoms with Gasteiger partial charge in [-0.2, -0.15) is 0 Å². The zero-order valence-electron chi connectivity index (χ0n) is 10.5. The number of aryl methyl sites for hydroxylation is 1. The number of nitrogens with one attached hydrogen (secondary N) is 1. The first kappa shape index (κ1) is 13.6. The van der Waals surface area contributed by atoms with E-state index in [0.717, 1.165) is 0 Å². The number of hydrogen-bond acceptors (Lipinski definition) is 2. The highest BCUT2D eigenvalue weighted by molar-refractivity contribution is 5.92. The Morgan fingerprint density at radius 3 is 2.65 bits per heavy atom. The van der Waals surface area contributed by atoms with Gasteiger partial charge < -0.3 is 11.1 Å². The van der Waals surface area contributed by atoms with Crippen molar-refractivity contribution < 1.29 is 9.18 Å². The molecule has 0 aliphatic heterocycles. The molecule has 0 aliphatic carbocycles. The molecule has 1 rings (SSSR count). The van der Waals surface area contributed by atoms with Crippen LogP contribution >= 0.6 is 0 Å². The molecule has 0 aromatic heterocycles. The Kier molecular flexibility index (Phi) is 4.63. The Bertz CT molecular complexity index is 384. The first-order valence-electron chi connectivity index (χ1n) is 5.72. The second kappa shape index (κ2) is 5.77. The number of halogens is 1. The Balaban J connectivity index is 2.69. The Labute approximate surface area is 101 Å². The van der Waals surface area contributed by atoms with Gasteiger partial charge in [-0.1, -0.05) is 26.0 Å². The van der Waals surface area contributed by atoms with Crippen LogP contribution in [0.5, 0.6) is 0 Å². The minimum absolute atomic E-state index is 0.200. The van der Waals surface area contributed by atoms with Crippen molar-refractivity contribution in [1.82, 2.24) is 0 Å². The number of carbonyl (C=O) groups excluding carboxylic acids is 1. The summed E-state index contributed by atoms with van der Waals surface area (Å²) in [5, 5.41) is 2.57. The molecule has 0 spiro atoms. The SMILES string of the molecule is Cc1cccc(F)c1NC(=O)CC(N)C(C)C. The summed E-state index contributed by atoms with van der Waals surface area (Å²) >= 11 is 0. The van der Waals surface area contributed by atoms with Gasteiger partial charge >= 0.3 is 0 Å². The Morgan fingerprint density at radius 2 is 2.12 bits per heavy atom. The highest BCUT2D eigenvalue weighted by Crippen LogP contribution is 2.19. The molecule has 0 bridgehead atoms. The molecule has 1 aromatic carbocycles.